The van der Waals surface area contributed by atoms with E-state index in [1.54, 1.807) is 0 Å². The second kappa shape index (κ2) is 5.82. The largest absolute Gasteiger partial charge is 0.389 e. The third-order valence-corrected chi connectivity index (χ3v) is 6.04. The molecule has 1 N–H and O–H groups in total. The summed E-state index contributed by atoms with van der Waals surface area (Å²) in [5.74, 6) is 1.01. The van der Waals surface area contributed by atoms with Gasteiger partial charge in [0.2, 0.25) is 0 Å². The van der Waals surface area contributed by atoms with Crippen molar-refractivity contribution < 1.29 is 5.11 Å². The van der Waals surface area contributed by atoms with Crippen molar-refractivity contribution in [2.45, 2.75) is 51.2 Å². The highest BCUT2D eigenvalue weighted by molar-refractivity contribution is 5.35. The average Bonchev–Trinajstić information content (AvgIpc) is 2.49. The lowest BCUT2D eigenvalue weighted by Gasteiger charge is -2.50. The molecule has 1 aliphatic heterocycles. The number of aliphatic hydroxyl groups is 1. The Labute approximate surface area is 134 Å². The van der Waals surface area contributed by atoms with Gasteiger partial charge < -0.3 is 10.0 Å². The molecule has 1 aromatic rings. The molecule has 0 radical (unpaired) electrons. The SMILES string of the molecule is C=C(C)C1CCC(C)C(O)(C2CN(C)Cc3ccccc32)C1. The number of rotatable bonds is 2. The van der Waals surface area contributed by atoms with E-state index in [0.717, 1.165) is 25.9 Å². The van der Waals surface area contributed by atoms with Gasteiger partial charge in [-0.1, -0.05) is 43.3 Å². The molecule has 0 aromatic heterocycles. The van der Waals surface area contributed by atoms with Crippen LogP contribution in [0.1, 0.15) is 50.2 Å². The third-order valence-electron chi connectivity index (χ3n) is 6.04. The fraction of sp³-hybridized carbons (Fsp3) is 0.600. The maximum atomic E-state index is 11.7. The van der Waals surface area contributed by atoms with Gasteiger partial charge in [0.05, 0.1) is 5.60 Å². The highest BCUT2D eigenvalue weighted by atomic mass is 16.3. The molecule has 0 spiro atoms. The predicted molar refractivity (Wildman–Crippen MR) is 91.8 cm³/mol. The van der Waals surface area contributed by atoms with Crippen LogP contribution >= 0.6 is 0 Å². The summed E-state index contributed by atoms with van der Waals surface area (Å²) in [6.07, 6.45) is 3.12. The molecule has 2 aliphatic rings. The van der Waals surface area contributed by atoms with Crippen LogP contribution in [0, 0.1) is 11.8 Å². The normalized spacial score (nSPS) is 35.9. The van der Waals surface area contributed by atoms with Gasteiger partial charge in [-0.05, 0) is 56.2 Å². The zero-order valence-corrected chi connectivity index (χ0v) is 14.2. The molecule has 1 aromatic carbocycles. The number of hydrogen-bond donors (Lipinski definition) is 1. The fourth-order valence-electron chi connectivity index (χ4n) is 4.52. The summed E-state index contributed by atoms with van der Waals surface area (Å²) in [6, 6.07) is 8.66. The summed E-state index contributed by atoms with van der Waals surface area (Å²) in [4.78, 5) is 2.35. The molecule has 4 unspecified atom stereocenters. The molecule has 1 heterocycles. The summed E-state index contributed by atoms with van der Waals surface area (Å²) in [5, 5.41) is 11.7. The molecular formula is C20H29NO. The van der Waals surface area contributed by atoms with Crippen molar-refractivity contribution in [3.63, 3.8) is 0 Å². The standard InChI is InChI=1S/C20H29NO/c1-14(2)16-10-9-15(3)20(22,11-16)19-13-21(4)12-17-7-5-6-8-18(17)19/h5-8,15-16,19,22H,1,9-13H2,2-4H3. The van der Waals surface area contributed by atoms with Crippen molar-refractivity contribution >= 4 is 0 Å². The van der Waals surface area contributed by atoms with Crippen LogP contribution in [0.25, 0.3) is 0 Å². The minimum Gasteiger partial charge on any atom is -0.389 e. The number of benzene rings is 1. The molecule has 0 amide bonds. The molecule has 1 saturated carbocycles. The van der Waals surface area contributed by atoms with Crippen LogP contribution in [-0.4, -0.2) is 29.2 Å². The fourth-order valence-corrected chi connectivity index (χ4v) is 4.52. The monoisotopic (exact) mass is 299 g/mol. The number of fused-ring (bicyclic) bond motifs is 1. The van der Waals surface area contributed by atoms with Crippen LogP contribution in [0.4, 0.5) is 0 Å². The Balaban J connectivity index is 1.99. The first-order valence-electron chi connectivity index (χ1n) is 8.56. The Morgan fingerprint density at radius 2 is 2.05 bits per heavy atom. The molecule has 1 fully saturated rings. The van der Waals surface area contributed by atoms with Crippen LogP contribution in [0.15, 0.2) is 36.4 Å². The lowest BCUT2D eigenvalue weighted by Crippen LogP contribution is -2.52. The molecule has 3 rings (SSSR count). The van der Waals surface area contributed by atoms with Gasteiger partial charge >= 0.3 is 0 Å². The number of nitrogens with zero attached hydrogens (tertiary/aromatic N) is 1. The van der Waals surface area contributed by atoms with Crippen LogP contribution < -0.4 is 0 Å². The van der Waals surface area contributed by atoms with Crippen LogP contribution in [0.3, 0.4) is 0 Å². The first-order chi connectivity index (χ1) is 10.4. The van der Waals surface area contributed by atoms with Gasteiger partial charge in [-0.3, -0.25) is 0 Å². The van der Waals surface area contributed by atoms with Crippen LogP contribution in [-0.2, 0) is 6.54 Å². The zero-order valence-electron chi connectivity index (χ0n) is 14.2. The van der Waals surface area contributed by atoms with Crippen molar-refractivity contribution in [1.82, 2.24) is 4.90 Å². The van der Waals surface area contributed by atoms with E-state index in [9.17, 15) is 5.11 Å². The van der Waals surface area contributed by atoms with Gasteiger partial charge in [0.25, 0.3) is 0 Å². The average molecular weight is 299 g/mol. The first kappa shape index (κ1) is 15.8. The Morgan fingerprint density at radius 1 is 1.32 bits per heavy atom. The van der Waals surface area contributed by atoms with Crippen LogP contribution in [0.5, 0.6) is 0 Å². The molecule has 0 saturated heterocycles. The quantitative estimate of drug-likeness (QED) is 0.836. The highest BCUT2D eigenvalue weighted by Gasteiger charge is 2.48. The summed E-state index contributed by atoms with van der Waals surface area (Å²) in [7, 11) is 2.16. The maximum Gasteiger partial charge on any atom is 0.0759 e. The van der Waals surface area contributed by atoms with Gasteiger partial charge in [0, 0.05) is 19.0 Å². The summed E-state index contributed by atoms with van der Waals surface area (Å²) in [5.41, 5.74) is 3.34. The van der Waals surface area contributed by atoms with E-state index in [0.29, 0.717) is 11.8 Å². The van der Waals surface area contributed by atoms with Gasteiger partial charge in [0.15, 0.2) is 0 Å². The predicted octanol–water partition coefficient (Wildman–Crippen LogP) is 3.96. The van der Waals surface area contributed by atoms with E-state index < -0.39 is 5.60 Å². The second-order valence-corrected chi connectivity index (χ2v) is 7.67. The van der Waals surface area contributed by atoms with Crippen molar-refractivity contribution in [2.75, 3.05) is 13.6 Å². The zero-order chi connectivity index (χ0) is 15.9. The van der Waals surface area contributed by atoms with E-state index in [1.807, 2.05) is 0 Å². The minimum atomic E-state index is -0.618. The number of allylic oxidation sites excluding steroid dienone is 1. The van der Waals surface area contributed by atoms with Crippen molar-refractivity contribution in [1.29, 1.82) is 0 Å². The minimum absolute atomic E-state index is 0.208. The van der Waals surface area contributed by atoms with Gasteiger partial charge in [0.1, 0.15) is 0 Å². The Morgan fingerprint density at radius 3 is 2.77 bits per heavy atom. The van der Waals surface area contributed by atoms with Crippen molar-refractivity contribution in [3.05, 3.63) is 47.5 Å². The van der Waals surface area contributed by atoms with Gasteiger partial charge in [-0.2, -0.15) is 0 Å². The van der Waals surface area contributed by atoms with E-state index in [4.69, 9.17) is 0 Å². The summed E-state index contributed by atoms with van der Waals surface area (Å²) in [6.45, 7) is 10.4. The molecule has 2 nitrogen and oxygen atoms in total. The first-order valence-corrected chi connectivity index (χ1v) is 8.56. The van der Waals surface area contributed by atoms with E-state index >= 15 is 0 Å². The highest BCUT2D eigenvalue weighted by Crippen LogP contribution is 2.49. The van der Waals surface area contributed by atoms with Gasteiger partial charge in [-0.25, -0.2) is 0 Å². The lowest BCUT2D eigenvalue weighted by atomic mass is 9.62. The summed E-state index contributed by atoms with van der Waals surface area (Å²) < 4.78 is 0. The van der Waals surface area contributed by atoms with Crippen molar-refractivity contribution in [3.8, 4) is 0 Å². The van der Waals surface area contributed by atoms with Crippen LogP contribution in [0.2, 0.25) is 0 Å². The number of likely N-dealkylation sites (N-methyl/N-ethyl adjacent to an activating group) is 1. The van der Waals surface area contributed by atoms with E-state index in [2.05, 4.69) is 56.6 Å². The Kier molecular flexibility index (Phi) is 4.17. The van der Waals surface area contributed by atoms with Crippen molar-refractivity contribution in [2.24, 2.45) is 11.8 Å². The molecule has 1 aliphatic carbocycles. The Hall–Kier alpha value is -1.12. The maximum absolute atomic E-state index is 11.7. The lowest BCUT2D eigenvalue weighted by molar-refractivity contribution is -0.0840. The molecule has 120 valence electrons. The number of hydrogen-bond acceptors (Lipinski definition) is 2. The molecule has 4 atom stereocenters. The second-order valence-electron chi connectivity index (χ2n) is 7.67. The molecular weight excluding hydrogens is 270 g/mol. The topological polar surface area (TPSA) is 23.5 Å². The third kappa shape index (κ3) is 2.63. The molecule has 0 bridgehead atoms. The van der Waals surface area contributed by atoms with E-state index in [1.165, 1.54) is 23.1 Å². The van der Waals surface area contributed by atoms with E-state index in [-0.39, 0.29) is 5.92 Å². The summed E-state index contributed by atoms with van der Waals surface area (Å²) >= 11 is 0. The smallest absolute Gasteiger partial charge is 0.0759 e. The Bertz CT molecular complexity index is 567. The van der Waals surface area contributed by atoms with Gasteiger partial charge in [-0.15, -0.1) is 0 Å². The molecule has 22 heavy (non-hydrogen) atoms. The molecule has 2 heteroatoms.